The molecule has 0 bridgehead atoms. The van der Waals surface area contributed by atoms with Gasteiger partial charge in [0, 0.05) is 24.3 Å². The molecular weight excluding hydrogens is 388 g/mol. The molecule has 2 aromatic rings. The first-order valence-electron chi connectivity index (χ1n) is 9.44. The van der Waals surface area contributed by atoms with Crippen LogP contribution < -0.4 is 5.32 Å². The molecule has 0 aliphatic carbocycles. The lowest BCUT2D eigenvalue weighted by Gasteiger charge is -2.33. The van der Waals surface area contributed by atoms with E-state index in [4.69, 9.17) is 5.26 Å². The number of sulfonamides is 1. The van der Waals surface area contributed by atoms with Crippen LogP contribution in [-0.4, -0.2) is 38.2 Å². The molecule has 2 aromatic carbocycles. The molecule has 4 rings (SSSR count). The summed E-state index contributed by atoms with van der Waals surface area (Å²) >= 11 is 0. The highest BCUT2D eigenvalue weighted by Crippen LogP contribution is 2.30. The van der Waals surface area contributed by atoms with Gasteiger partial charge in [-0.2, -0.15) is 13.7 Å². The van der Waals surface area contributed by atoms with Gasteiger partial charge in [0.2, 0.25) is 5.91 Å². The van der Waals surface area contributed by atoms with E-state index in [1.165, 1.54) is 0 Å². The van der Waals surface area contributed by atoms with E-state index in [1.54, 1.807) is 36.4 Å². The van der Waals surface area contributed by atoms with Crippen LogP contribution in [0.1, 0.15) is 24.0 Å². The van der Waals surface area contributed by atoms with Crippen molar-refractivity contribution < 1.29 is 13.2 Å². The highest BCUT2D eigenvalue weighted by Gasteiger charge is 2.35. The molecule has 0 aromatic heterocycles. The summed E-state index contributed by atoms with van der Waals surface area (Å²) in [5.74, 6) is 0.0668. The Kier molecular flexibility index (Phi) is 5.07. The molecule has 0 spiro atoms. The van der Waals surface area contributed by atoms with Crippen LogP contribution in [0, 0.1) is 17.2 Å². The Morgan fingerprint density at radius 2 is 1.97 bits per heavy atom. The summed E-state index contributed by atoms with van der Waals surface area (Å²) in [6.45, 7) is 1.08. The average molecular weight is 408 g/mol. The van der Waals surface area contributed by atoms with Gasteiger partial charge in [-0.1, -0.05) is 24.3 Å². The summed E-state index contributed by atoms with van der Waals surface area (Å²) in [6, 6.07) is 16.1. The van der Waals surface area contributed by atoms with E-state index in [-0.39, 0.29) is 16.7 Å². The second-order valence-corrected chi connectivity index (χ2v) is 8.76. The Balaban J connectivity index is 1.48. The molecule has 148 valence electrons. The van der Waals surface area contributed by atoms with Gasteiger partial charge in [0.1, 0.15) is 4.90 Å². The number of carbonyl (C=O) groups excluding carboxylic acids is 1. The predicted octanol–water partition coefficient (Wildman–Crippen LogP) is 2.55. The molecule has 2 aliphatic rings. The third-order valence-electron chi connectivity index (χ3n) is 5.21. The molecule has 1 N–H and O–H groups in total. The normalized spacial score (nSPS) is 19.8. The summed E-state index contributed by atoms with van der Waals surface area (Å²) in [6.07, 6.45) is 1.84. The topological polar surface area (TPSA) is 103 Å². The molecule has 7 nitrogen and oxygen atoms in total. The van der Waals surface area contributed by atoms with Crippen molar-refractivity contribution in [2.45, 2.75) is 24.2 Å². The molecule has 2 aliphatic heterocycles. The van der Waals surface area contributed by atoms with Crippen LogP contribution in [0.4, 0.5) is 5.69 Å². The molecule has 0 saturated carbocycles. The fraction of sp³-hybridized carbons (Fsp3) is 0.286. The van der Waals surface area contributed by atoms with E-state index in [0.29, 0.717) is 36.6 Å². The first kappa shape index (κ1) is 19.2. The third-order valence-corrected chi connectivity index (χ3v) is 6.53. The number of hydrogen-bond donors (Lipinski definition) is 1. The molecule has 1 unspecified atom stereocenters. The van der Waals surface area contributed by atoms with Crippen molar-refractivity contribution in [3.63, 3.8) is 0 Å². The first-order chi connectivity index (χ1) is 14.0. The number of carbonyl (C=O) groups is 1. The van der Waals surface area contributed by atoms with Gasteiger partial charge in [0.15, 0.2) is 5.84 Å². The maximum absolute atomic E-state index is 12.8. The number of fused-ring (bicyclic) bond motifs is 1. The first-order valence-corrected chi connectivity index (χ1v) is 10.9. The van der Waals surface area contributed by atoms with Crippen molar-refractivity contribution in [3.05, 3.63) is 59.7 Å². The minimum atomic E-state index is -3.68. The Bertz CT molecular complexity index is 1120. The maximum atomic E-state index is 12.8. The number of nitrogens with zero attached hydrogens (tertiary/aromatic N) is 3. The Morgan fingerprint density at radius 1 is 1.21 bits per heavy atom. The van der Waals surface area contributed by atoms with Crippen molar-refractivity contribution in [2.24, 2.45) is 10.3 Å². The fourth-order valence-corrected chi connectivity index (χ4v) is 4.97. The Morgan fingerprint density at radius 3 is 2.72 bits per heavy atom. The lowest BCUT2D eigenvalue weighted by atomic mass is 9.96. The van der Waals surface area contributed by atoms with Crippen molar-refractivity contribution in [3.8, 4) is 6.07 Å². The number of amides is 1. The minimum absolute atomic E-state index is 0.0996. The number of nitrogens with one attached hydrogen (secondary N) is 1. The SMILES string of the molecule is N#CCc1ccc(NC(=O)C2CCCN(C3=NS(=O)(=O)c4ccccc43)C2)cc1. The van der Waals surface area contributed by atoms with E-state index >= 15 is 0 Å². The van der Waals surface area contributed by atoms with Crippen molar-refractivity contribution in [2.75, 3.05) is 18.4 Å². The highest BCUT2D eigenvalue weighted by atomic mass is 32.2. The number of anilines is 1. The molecular formula is C21H20N4O3S. The van der Waals surface area contributed by atoms with Gasteiger partial charge in [-0.15, -0.1) is 4.40 Å². The summed E-state index contributed by atoms with van der Waals surface area (Å²) in [5.41, 5.74) is 2.18. The van der Waals surface area contributed by atoms with Gasteiger partial charge in [0.05, 0.1) is 18.4 Å². The summed E-state index contributed by atoms with van der Waals surface area (Å²) in [5, 5.41) is 11.7. The fourth-order valence-electron chi connectivity index (χ4n) is 3.74. The van der Waals surface area contributed by atoms with Crippen molar-refractivity contribution in [1.82, 2.24) is 4.90 Å². The van der Waals surface area contributed by atoms with E-state index in [9.17, 15) is 13.2 Å². The standard InChI is InChI=1S/C21H20N4O3S/c22-12-11-15-7-9-17(10-8-15)23-21(26)16-4-3-13-25(14-16)20-18-5-1-2-6-19(18)29(27,28)24-20/h1-2,5-10,16H,3-4,11,13-14H2,(H,23,26). The Labute approximate surface area is 169 Å². The maximum Gasteiger partial charge on any atom is 0.285 e. The van der Waals surface area contributed by atoms with Crippen LogP contribution in [0.3, 0.4) is 0 Å². The highest BCUT2D eigenvalue weighted by molar-refractivity contribution is 7.90. The molecule has 1 fully saturated rings. The number of rotatable bonds is 3. The summed E-state index contributed by atoms with van der Waals surface area (Å²) in [4.78, 5) is 14.9. The number of nitriles is 1. The lowest BCUT2D eigenvalue weighted by Crippen LogP contribution is -2.43. The molecule has 1 amide bonds. The van der Waals surface area contributed by atoms with E-state index < -0.39 is 10.0 Å². The van der Waals surface area contributed by atoms with Crippen LogP contribution >= 0.6 is 0 Å². The van der Waals surface area contributed by atoms with E-state index in [0.717, 1.165) is 18.4 Å². The van der Waals surface area contributed by atoms with Gasteiger partial charge in [-0.05, 0) is 42.7 Å². The zero-order chi connectivity index (χ0) is 20.4. The summed E-state index contributed by atoms with van der Waals surface area (Å²) < 4.78 is 28.6. The number of amidine groups is 1. The lowest BCUT2D eigenvalue weighted by molar-refractivity contribution is -0.121. The average Bonchev–Trinajstić information content (AvgIpc) is 3.01. The number of likely N-dealkylation sites (tertiary alicyclic amines) is 1. The molecule has 1 atom stereocenters. The van der Waals surface area contributed by atoms with Gasteiger partial charge in [-0.25, -0.2) is 0 Å². The van der Waals surface area contributed by atoms with Gasteiger partial charge < -0.3 is 10.2 Å². The largest absolute Gasteiger partial charge is 0.355 e. The molecule has 0 radical (unpaired) electrons. The van der Waals surface area contributed by atoms with Crippen LogP contribution in [0.25, 0.3) is 0 Å². The molecule has 1 saturated heterocycles. The monoisotopic (exact) mass is 408 g/mol. The van der Waals surface area contributed by atoms with E-state index in [1.807, 2.05) is 17.0 Å². The van der Waals surface area contributed by atoms with Crippen molar-refractivity contribution in [1.29, 1.82) is 5.26 Å². The van der Waals surface area contributed by atoms with Crippen LogP contribution in [-0.2, 0) is 21.2 Å². The predicted molar refractivity (Wildman–Crippen MR) is 109 cm³/mol. The molecule has 2 heterocycles. The number of piperidine rings is 1. The number of benzene rings is 2. The Hall–Kier alpha value is -3.18. The molecule has 29 heavy (non-hydrogen) atoms. The zero-order valence-corrected chi connectivity index (χ0v) is 16.5. The van der Waals surface area contributed by atoms with Crippen LogP contribution in [0.15, 0.2) is 57.8 Å². The van der Waals surface area contributed by atoms with Crippen LogP contribution in [0.2, 0.25) is 0 Å². The van der Waals surface area contributed by atoms with Gasteiger partial charge >= 0.3 is 0 Å². The second kappa shape index (κ2) is 7.68. The second-order valence-electron chi connectivity index (χ2n) is 7.19. The quantitative estimate of drug-likeness (QED) is 0.841. The molecule has 8 heteroatoms. The van der Waals surface area contributed by atoms with Crippen molar-refractivity contribution >= 4 is 27.5 Å². The van der Waals surface area contributed by atoms with E-state index in [2.05, 4.69) is 15.8 Å². The van der Waals surface area contributed by atoms with Gasteiger partial charge in [0.25, 0.3) is 10.0 Å². The summed E-state index contributed by atoms with van der Waals surface area (Å²) in [7, 11) is -3.68. The minimum Gasteiger partial charge on any atom is -0.355 e. The van der Waals surface area contributed by atoms with Crippen LogP contribution in [0.5, 0.6) is 0 Å². The smallest absolute Gasteiger partial charge is 0.285 e. The zero-order valence-electron chi connectivity index (χ0n) is 15.7. The number of hydrogen-bond acceptors (Lipinski definition) is 5. The third kappa shape index (κ3) is 3.87. The van der Waals surface area contributed by atoms with Gasteiger partial charge in [-0.3, -0.25) is 4.79 Å².